The van der Waals surface area contributed by atoms with Crippen LogP contribution >= 0.6 is 31.9 Å². The first-order valence-electron chi connectivity index (χ1n) is 3.53. The molecule has 0 saturated heterocycles. The quantitative estimate of drug-likeness (QED) is 0.830. The van der Waals surface area contributed by atoms with Crippen molar-refractivity contribution in [1.82, 2.24) is 0 Å². The maximum Gasteiger partial charge on any atom is 0.417 e. The largest absolute Gasteiger partial charge is 0.417 e. The molecular formula is C8H5Br2F3O. The normalized spacial score (nSPS) is 11.9. The molecule has 1 rings (SSSR count). The van der Waals surface area contributed by atoms with Crippen LogP contribution in [-0.4, -0.2) is 5.11 Å². The summed E-state index contributed by atoms with van der Waals surface area (Å²) in [7, 11) is 0. The number of benzene rings is 1. The fourth-order valence-corrected chi connectivity index (χ4v) is 2.11. The zero-order chi connectivity index (χ0) is 10.9. The topological polar surface area (TPSA) is 20.2 Å². The third-order valence-corrected chi connectivity index (χ3v) is 3.05. The van der Waals surface area contributed by atoms with Crippen molar-refractivity contribution in [2.24, 2.45) is 0 Å². The summed E-state index contributed by atoms with van der Waals surface area (Å²) in [6, 6.07) is 2.73. The van der Waals surface area contributed by atoms with E-state index in [-0.39, 0.29) is 14.5 Å². The summed E-state index contributed by atoms with van der Waals surface area (Å²) in [5.74, 6) is 0. The molecule has 0 amide bonds. The van der Waals surface area contributed by atoms with Crippen LogP contribution in [0.1, 0.15) is 11.1 Å². The fraction of sp³-hybridized carbons (Fsp3) is 0.250. The van der Waals surface area contributed by atoms with Crippen LogP contribution < -0.4 is 0 Å². The van der Waals surface area contributed by atoms with Gasteiger partial charge in [0.25, 0.3) is 0 Å². The van der Waals surface area contributed by atoms with Crippen LogP contribution in [0.2, 0.25) is 0 Å². The third kappa shape index (κ3) is 2.29. The Bertz CT molecular complexity index is 349. The molecule has 0 aliphatic rings. The van der Waals surface area contributed by atoms with E-state index < -0.39 is 18.3 Å². The summed E-state index contributed by atoms with van der Waals surface area (Å²) in [4.78, 5) is 0. The molecule has 0 bridgehead atoms. The summed E-state index contributed by atoms with van der Waals surface area (Å²) in [6.45, 7) is -0.658. The molecule has 78 valence electrons. The standard InChI is InChI=1S/C8H5Br2F3O/c9-5-1-2-6(10)7(4(5)3-14)8(11,12)13/h1-2,14H,3H2. The highest BCUT2D eigenvalue weighted by atomic mass is 79.9. The lowest BCUT2D eigenvalue weighted by Crippen LogP contribution is -2.11. The van der Waals surface area contributed by atoms with Crippen molar-refractivity contribution in [2.45, 2.75) is 12.8 Å². The lowest BCUT2D eigenvalue weighted by molar-refractivity contribution is -0.139. The average Bonchev–Trinajstić information content (AvgIpc) is 2.06. The van der Waals surface area contributed by atoms with Gasteiger partial charge in [-0.1, -0.05) is 31.9 Å². The van der Waals surface area contributed by atoms with Gasteiger partial charge in [0.05, 0.1) is 12.2 Å². The van der Waals surface area contributed by atoms with Gasteiger partial charge in [0, 0.05) is 14.5 Å². The fourth-order valence-electron chi connectivity index (χ4n) is 1.05. The molecule has 0 aliphatic heterocycles. The molecule has 0 fully saturated rings. The number of aliphatic hydroxyl groups is 1. The van der Waals surface area contributed by atoms with Crippen molar-refractivity contribution in [1.29, 1.82) is 0 Å². The first-order chi connectivity index (χ1) is 6.38. The summed E-state index contributed by atoms with van der Waals surface area (Å²) < 4.78 is 37.7. The molecule has 0 radical (unpaired) electrons. The van der Waals surface area contributed by atoms with Gasteiger partial charge in [-0.25, -0.2) is 0 Å². The van der Waals surface area contributed by atoms with E-state index in [1.54, 1.807) is 0 Å². The lowest BCUT2D eigenvalue weighted by atomic mass is 10.1. The van der Waals surface area contributed by atoms with E-state index in [0.717, 1.165) is 0 Å². The highest BCUT2D eigenvalue weighted by Gasteiger charge is 2.36. The van der Waals surface area contributed by atoms with E-state index in [4.69, 9.17) is 5.11 Å². The molecule has 0 spiro atoms. The second-order valence-corrected chi connectivity index (χ2v) is 4.25. The number of alkyl halides is 3. The molecule has 0 heterocycles. The molecule has 6 heteroatoms. The Labute approximate surface area is 95.2 Å². The highest BCUT2D eigenvalue weighted by molar-refractivity contribution is 9.11. The Morgan fingerprint density at radius 2 is 1.64 bits per heavy atom. The van der Waals surface area contributed by atoms with Crippen molar-refractivity contribution < 1.29 is 18.3 Å². The van der Waals surface area contributed by atoms with E-state index in [1.165, 1.54) is 12.1 Å². The van der Waals surface area contributed by atoms with Gasteiger partial charge in [0.15, 0.2) is 0 Å². The summed E-state index contributed by atoms with van der Waals surface area (Å²) in [5, 5.41) is 8.84. The van der Waals surface area contributed by atoms with E-state index in [2.05, 4.69) is 31.9 Å². The van der Waals surface area contributed by atoms with E-state index in [1.807, 2.05) is 0 Å². The van der Waals surface area contributed by atoms with Gasteiger partial charge in [-0.15, -0.1) is 0 Å². The predicted molar refractivity (Wildman–Crippen MR) is 52.8 cm³/mol. The Morgan fingerprint density at radius 3 is 2.00 bits per heavy atom. The van der Waals surface area contributed by atoms with Gasteiger partial charge in [-0.05, 0) is 12.1 Å². The second-order valence-electron chi connectivity index (χ2n) is 2.54. The first-order valence-corrected chi connectivity index (χ1v) is 5.11. The highest BCUT2D eigenvalue weighted by Crippen LogP contribution is 2.39. The average molecular weight is 334 g/mol. The van der Waals surface area contributed by atoms with Crippen molar-refractivity contribution >= 4 is 31.9 Å². The number of hydrogen-bond donors (Lipinski definition) is 1. The monoisotopic (exact) mass is 332 g/mol. The van der Waals surface area contributed by atoms with Crippen LogP contribution in [0, 0.1) is 0 Å². The molecule has 1 nitrogen and oxygen atoms in total. The van der Waals surface area contributed by atoms with E-state index >= 15 is 0 Å². The molecule has 0 saturated carbocycles. The van der Waals surface area contributed by atoms with Gasteiger partial charge < -0.3 is 5.11 Å². The van der Waals surface area contributed by atoms with Crippen LogP contribution in [0.5, 0.6) is 0 Å². The zero-order valence-corrected chi connectivity index (χ0v) is 9.87. The maximum absolute atomic E-state index is 12.5. The molecule has 1 aromatic rings. The van der Waals surface area contributed by atoms with Gasteiger partial charge in [0.2, 0.25) is 0 Å². The number of aliphatic hydroxyl groups excluding tert-OH is 1. The zero-order valence-electron chi connectivity index (χ0n) is 6.70. The van der Waals surface area contributed by atoms with Crippen molar-refractivity contribution in [3.05, 3.63) is 32.2 Å². The van der Waals surface area contributed by atoms with E-state index in [9.17, 15) is 13.2 Å². The minimum atomic E-state index is -4.47. The summed E-state index contributed by atoms with van der Waals surface area (Å²) >= 11 is 5.76. The smallest absolute Gasteiger partial charge is 0.392 e. The number of rotatable bonds is 1. The third-order valence-electron chi connectivity index (χ3n) is 1.65. The molecule has 14 heavy (non-hydrogen) atoms. The van der Waals surface area contributed by atoms with Crippen molar-refractivity contribution in [2.75, 3.05) is 0 Å². The van der Waals surface area contributed by atoms with Crippen LogP contribution in [0.3, 0.4) is 0 Å². The second kappa shape index (κ2) is 4.20. The SMILES string of the molecule is OCc1c(Br)ccc(Br)c1C(F)(F)F. The van der Waals surface area contributed by atoms with Crippen LogP contribution in [0.15, 0.2) is 21.1 Å². The maximum atomic E-state index is 12.5. The molecule has 1 aromatic carbocycles. The van der Waals surface area contributed by atoms with Gasteiger partial charge >= 0.3 is 6.18 Å². The van der Waals surface area contributed by atoms with Gasteiger partial charge in [-0.3, -0.25) is 0 Å². The van der Waals surface area contributed by atoms with Gasteiger partial charge in [-0.2, -0.15) is 13.2 Å². The number of halogens is 5. The Hall–Kier alpha value is -0.0700. The van der Waals surface area contributed by atoms with Crippen molar-refractivity contribution in [3.8, 4) is 0 Å². The molecular weight excluding hydrogens is 329 g/mol. The Kier molecular flexibility index (Phi) is 3.60. The minimum absolute atomic E-state index is 0.0720. The summed E-state index contributed by atoms with van der Waals surface area (Å²) in [6.07, 6.45) is -4.47. The van der Waals surface area contributed by atoms with Crippen LogP contribution in [-0.2, 0) is 12.8 Å². The van der Waals surface area contributed by atoms with Crippen LogP contribution in [0.25, 0.3) is 0 Å². The first kappa shape index (κ1) is 12.0. The minimum Gasteiger partial charge on any atom is -0.392 e. The molecule has 0 aliphatic carbocycles. The molecule has 1 N–H and O–H groups in total. The van der Waals surface area contributed by atoms with Crippen LogP contribution in [0.4, 0.5) is 13.2 Å². The predicted octanol–water partition coefficient (Wildman–Crippen LogP) is 3.72. The Morgan fingerprint density at radius 1 is 1.14 bits per heavy atom. The van der Waals surface area contributed by atoms with Crippen molar-refractivity contribution in [3.63, 3.8) is 0 Å². The molecule has 0 atom stereocenters. The Balaban J connectivity index is 3.46. The van der Waals surface area contributed by atoms with Gasteiger partial charge in [0.1, 0.15) is 0 Å². The molecule has 0 aromatic heterocycles. The molecule has 0 unspecified atom stereocenters. The lowest BCUT2D eigenvalue weighted by Gasteiger charge is -2.14. The van der Waals surface area contributed by atoms with E-state index in [0.29, 0.717) is 0 Å². The summed E-state index contributed by atoms with van der Waals surface area (Å²) in [5.41, 5.74) is -0.999. The number of hydrogen-bond acceptors (Lipinski definition) is 1.